The molecular weight excluding hydrogens is 526 g/mol. The first-order valence-corrected chi connectivity index (χ1v) is 10.7. The molecule has 1 aliphatic rings. The minimum Gasteiger partial charge on any atom is -0.493 e. The zero-order valence-corrected chi connectivity index (χ0v) is 19.4. The predicted octanol–water partition coefficient (Wildman–Crippen LogP) is 5.64. The van der Waals surface area contributed by atoms with Gasteiger partial charge in [0, 0.05) is 14.5 Å². The number of carbonyl (C=O) groups excluding carboxylic acids is 1. The van der Waals surface area contributed by atoms with Gasteiger partial charge in [0.2, 0.25) is 0 Å². The maximum Gasteiger partial charge on any atom is 0.270 e. The van der Waals surface area contributed by atoms with Gasteiger partial charge in [-0.2, -0.15) is 0 Å². The summed E-state index contributed by atoms with van der Waals surface area (Å²) in [5, 5.41) is 0. The molecule has 1 heterocycles. The number of terminal acetylenes is 1. The Hall–Kier alpha value is -1.79. The number of anilines is 1. The van der Waals surface area contributed by atoms with Crippen molar-refractivity contribution in [1.82, 2.24) is 0 Å². The first-order chi connectivity index (χ1) is 13.4. The van der Waals surface area contributed by atoms with Gasteiger partial charge in [-0.3, -0.25) is 9.69 Å². The van der Waals surface area contributed by atoms with E-state index in [1.807, 2.05) is 30.3 Å². The smallest absolute Gasteiger partial charge is 0.270 e. The molecule has 142 valence electrons. The van der Waals surface area contributed by atoms with E-state index < -0.39 is 0 Å². The highest BCUT2D eigenvalue weighted by molar-refractivity contribution is 9.10. The topological polar surface area (TPSA) is 38.8 Å². The fourth-order valence-electron chi connectivity index (χ4n) is 2.54. The molecule has 1 amide bonds. The summed E-state index contributed by atoms with van der Waals surface area (Å²) in [5.41, 5.74) is 1.38. The van der Waals surface area contributed by atoms with Gasteiger partial charge in [0.1, 0.15) is 6.61 Å². The van der Waals surface area contributed by atoms with Crippen molar-refractivity contribution in [3.63, 3.8) is 0 Å². The van der Waals surface area contributed by atoms with Crippen LogP contribution in [0.1, 0.15) is 5.56 Å². The maximum atomic E-state index is 13.0. The van der Waals surface area contributed by atoms with Crippen LogP contribution >= 0.6 is 55.8 Å². The van der Waals surface area contributed by atoms with Gasteiger partial charge in [-0.15, -0.1) is 6.42 Å². The summed E-state index contributed by atoms with van der Waals surface area (Å²) >= 11 is 13.5. The second kappa shape index (κ2) is 9.14. The number of ether oxygens (including phenoxy) is 2. The summed E-state index contributed by atoms with van der Waals surface area (Å²) in [7, 11) is 1.54. The molecule has 0 saturated carbocycles. The van der Waals surface area contributed by atoms with Crippen LogP contribution in [0.2, 0.25) is 0 Å². The maximum absolute atomic E-state index is 13.0. The molecule has 2 aromatic rings. The summed E-state index contributed by atoms with van der Waals surface area (Å²) in [5.74, 6) is 3.22. The molecule has 1 fully saturated rings. The Balaban J connectivity index is 2.01. The van der Waals surface area contributed by atoms with Crippen LogP contribution in [-0.2, 0) is 4.79 Å². The zero-order valence-electron chi connectivity index (χ0n) is 14.6. The number of rotatable bonds is 5. The largest absolute Gasteiger partial charge is 0.493 e. The molecular formula is C20H13Br2NO3S2. The van der Waals surface area contributed by atoms with Gasteiger partial charge in [0.15, 0.2) is 15.8 Å². The minimum atomic E-state index is -0.195. The van der Waals surface area contributed by atoms with E-state index in [-0.39, 0.29) is 12.5 Å². The van der Waals surface area contributed by atoms with E-state index in [0.29, 0.717) is 32.0 Å². The van der Waals surface area contributed by atoms with E-state index in [1.165, 1.54) is 16.7 Å². The molecule has 2 aromatic carbocycles. The van der Waals surface area contributed by atoms with Crippen LogP contribution in [0.15, 0.2) is 50.2 Å². The van der Waals surface area contributed by atoms with E-state index in [1.54, 1.807) is 19.3 Å². The Morgan fingerprint density at radius 3 is 2.61 bits per heavy atom. The van der Waals surface area contributed by atoms with Crippen molar-refractivity contribution in [2.24, 2.45) is 0 Å². The fraction of sp³-hybridized carbons (Fsp3) is 0.100. The molecule has 0 unspecified atom stereocenters. The Bertz CT molecular complexity index is 1010. The lowest BCUT2D eigenvalue weighted by molar-refractivity contribution is -0.113. The number of thiocarbonyl (C=S) groups is 1. The van der Waals surface area contributed by atoms with Crippen molar-refractivity contribution in [3.05, 3.63) is 55.8 Å². The number of nitrogens with zero attached hydrogens (tertiary/aromatic N) is 1. The molecule has 1 aliphatic heterocycles. The van der Waals surface area contributed by atoms with Crippen LogP contribution in [0.25, 0.3) is 6.08 Å². The zero-order chi connectivity index (χ0) is 20.3. The van der Waals surface area contributed by atoms with Crippen molar-refractivity contribution in [1.29, 1.82) is 0 Å². The standard InChI is InChI=1S/C20H13Br2NO3S2/c1-3-8-26-18-12(9-14(22)11-16(18)25-2)10-17-19(24)23(20(27)28-17)15-6-4-13(21)5-7-15/h1,4-7,9-11H,8H2,2H3/b17-10+. The van der Waals surface area contributed by atoms with Crippen molar-refractivity contribution >= 4 is 77.8 Å². The van der Waals surface area contributed by atoms with Gasteiger partial charge in [-0.05, 0) is 42.5 Å². The molecule has 0 spiro atoms. The quantitative estimate of drug-likeness (QED) is 0.280. The van der Waals surface area contributed by atoms with E-state index in [2.05, 4.69) is 37.8 Å². The summed E-state index contributed by atoms with van der Waals surface area (Å²) < 4.78 is 13.2. The third-order valence-electron chi connectivity index (χ3n) is 3.73. The van der Waals surface area contributed by atoms with Crippen molar-refractivity contribution in [2.45, 2.75) is 0 Å². The van der Waals surface area contributed by atoms with Crippen LogP contribution in [-0.4, -0.2) is 23.9 Å². The molecule has 8 heteroatoms. The normalized spacial score (nSPS) is 15.1. The Labute approximate surface area is 189 Å². The van der Waals surface area contributed by atoms with E-state index in [4.69, 9.17) is 28.1 Å². The van der Waals surface area contributed by atoms with Gasteiger partial charge < -0.3 is 9.47 Å². The summed E-state index contributed by atoms with van der Waals surface area (Å²) in [4.78, 5) is 15.0. The van der Waals surface area contributed by atoms with Crippen LogP contribution in [0, 0.1) is 12.3 Å². The van der Waals surface area contributed by atoms with Gasteiger partial charge in [-0.25, -0.2) is 0 Å². The molecule has 0 N–H and O–H groups in total. The number of hydrogen-bond acceptors (Lipinski definition) is 5. The first-order valence-electron chi connectivity index (χ1n) is 7.92. The molecule has 0 bridgehead atoms. The molecule has 0 aromatic heterocycles. The lowest BCUT2D eigenvalue weighted by Crippen LogP contribution is -2.27. The summed E-state index contributed by atoms with van der Waals surface area (Å²) in [6.45, 7) is 0.0820. The minimum absolute atomic E-state index is 0.0820. The number of benzene rings is 2. The lowest BCUT2D eigenvalue weighted by atomic mass is 10.1. The average molecular weight is 539 g/mol. The fourth-order valence-corrected chi connectivity index (χ4v) is 4.55. The number of halogens is 2. The second-order valence-corrected chi connectivity index (χ2v) is 9.02. The van der Waals surface area contributed by atoms with Gasteiger partial charge in [0.25, 0.3) is 5.91 Å². The molecule has 1 saturated heterocycles. The Kier molecular flexibility index (Phi) is 6.83. The van der Waals surface area contributed by atoms with Crippen LogP contribution in [0.4, 0.5) is 5.69 Å². The number of carbonyl (C=O) groups is 1. The van der Waals surface area contributed by atoms with Crippen LogP contribution in [0.5, 0.6) is 11.5 Å². The third kappa shape index (κ3) is 4.44. The molecule has 3 rings (SSSR count). The molecule has 0 atom stereocenters. The highest BCUT2D eigenvalue weighted by Gasteiger charge is 2.33. The second-order valence-electron chi connectivity index (χ2n) is 5.51. The van der Waals surface area contributed by atoms with Crippen LogP contribution in [0.3, 0.4) is 0 Å². The monoisotopic (exact) mass is 537 g/mol. The Morgan fingerprint density at radius 1 is 1.25 bits per heavy atom. The highest BCUT2D eigenvalue weighted by Crippen LogP contribution is 2.40. The third-order valence-corrected chi connectivity index (χ3v) is 6.02. The van der Waals surface area contributed by atoms with Crippen molar-refractivity contribution in [3.8, 4) is 23.8 Å². The van der Waals surface area contributed by atoms with E-state index in [9.17, 15) is 4.79 Å². The molecule has 0 aliphatic carbocycles. The summed E-state index contributed by atoms with van der Waals surface area (Å²) in [6.07, 6.45) is 7.05. The number of hydrogen-bond donors (Lipinski definition) is 0. The molecule has 28 heavy (non-hydrogen) atoms. The van der Waals surface area contributed by atoms with Crippen molar-refractivity contribution < 1.29 is 14.3 Å². The van der Waals surface area contributed by atoms with Crippen molar-refractivity contribution in [2.75, 3.05) is 18.6 Å². The number of amides is 1. The average Bonchev–Trinajstić information content (AvgIpc) is 2.94. The predicted molar refractivity (Wildman–Crippen MR) is 125 cm³/mol. The lowest BCUT2D eigenvalue weighted by Gasteiger charge is -2.14. The summed E-state index contributed by atoms with van der Waals surface area (Å²) in [6, 6.07) is 11.0. The van der Waals surface area contributed by atoms with Gasteiger partial charge in [0.05, 0.1) is 17.7 Å². The molecule has 4 nitrogen and oxygen atoms in total. The highest BCUT2D eigenvalue weighted by atomic mass is 79.9. The van der Waals surface area contributed by atoms with Gasteiger partial charge >= 0.3 is 0 Å². The van der Waals surface area contributed by atoms with Crippen LogP contribution < -0.4 is 14.4 Å². The number of thioether (sulfide) groups is 1. The van der Waals surface area contributed by atoms with Gasteiger partial charge in [-0.1, -0.05) is 61.8 Å². The van der Waals surface area contributed by atoms with E-state index >= 15 is 0 Å². The first kappa shape index (κ1) is 20.9. The number of methoxy groups -OCH3 is 1. The Morgan fingerprint density at radius 2 is 1.96 bits per heavy atom. The SMILES string of the molecule is C#CCOc1c(/C=C2/SC(=S)N(c3ccc(Br)cc3)C2=O)cc(Br)cc1OC. The molecule has 0 radical (unpaired) electrons. The van der Waals surface area contributed by atoms with E-state index in [0.717, 1.165) is 8.95 Å².